The lowest BCUT2D eigenvalue weighted by Gasteiger charge is -2.11. The Bertz CT molecular complexity index is 1290. The predicted octanol–water partition coefficient (Wildman–Crippen LogP) is 3.73. The monoisotopic (exact) mass is 488 g/mol. The number of nitrogens with one attached hydrogen (secondary N) is 3. The van der Waals surface area contributed by atoms with Crippen molar-refractivity contribution in [1.82, 2.24) is 5.43 Å². The summed E-state index contributed by atoms with van der Waals surface area (Å²) in [7, 11) is 1.47. The summed E-state index contributed by atoms with van der Waals surface area (Å²) in [6, 6.07) is 17.7. The number of ether oxygens (including phenoxy) is 2. The number of carbonyl (C=O) groups excluding carboxylic acids is 3. The normalized spacial score (nSPS) is 10.6. The Balaban J connectivity index is 1.52. The van der Waals surface area contributed by atoms with Crippen LogP contribution in [0, 0.1) is 20.8 Å². The summed E-state index contributed by atoms with van der Waals surface area (Å²) in [4.78, 5) is 36.3. The molecule has 0 aromatic heterocycles. The van der Waals surface area contributed by atoms with Crippen LogP contribution in [0.15, 0.2) is 65.8 Å². The number of aryl methyl sites for hydroxylation is 3. The molecule has 0 saturated carbocycles. The number of nitrogens with zero attached hydrogens (tertiary/aromatic N) is 1. The highest BCUT2D eigenvalue weighted by Crippen LogP contribution is 2.27. The minimum Gasteiger partial charge on any atom is -0.493 e. The Morgan fingerprint density at radius 3 is 2.22 bits per heavy atom. The van der Waals surface area contributed by atoms with E-state index >= 15 is 0 Å². The molecule has 0 aliphatic carbocycles. The van der Waals surface area contributed by atoms with Crippen molar-refractivity contribution in [3.63, 3.8) is 0 Å². The second-order valence-electron chi connectivity index (χ2n) is 8.07. The smallest absolute Gasteiger partial charge is 0.329 e. The molecule has 3 N–H and O–H groups in total. The van der Waals surface area contributed by atoms with Crippen molar-refractivity contribution in [2.75, 3.05) is 24.4 Å². The highest BCUT2D eigenvalue weighted by atomic mass is 16.5. The fourth-order valence-corrected chi connectivity index (χ4v) is 3.08. The lowest BCUT2D eigenvalue weighted by Crippen LogP contribution is -2.32. The number of hydrogen-bond donors (Lipinski definition) is 3. The molecule has 0 bridgehead atoms. The molecule has 0 aliphatic rings. The van der Waals surface area contributed by atoms with Gasteiger partial charge in [-0.25, -0.2) is 5.43 Å². The molecule has 0 aliphatic heterocycles. The molecule has 0 spiro atoms. The van der Waals surface area contributed by atoms with Crippen LogP contribution in [-0.2, 0) is 14.4 Å². The number of methoxy groups -OCH3 is 1. The first-order valence-corrected chi connectivity index (χ1v) is 11.1. The Morgan fingerprint density at radius 2 is 1.53 bits per heavy atom. The molecule has 0 fully saturated rings. The van der Waals surface area contributed by atoms with Crippen molar-refractivity contribution < 1.29 is 23.9 Å². The van der Waals surface area contributed by atoms with Gasteiger partial charge in [0, 0.05) is 11.4 Å². The van der Waals surface area contributed by atoms with Crippen LogP contribution < -0.4 is 25.5 Å². The lowest BCUT2D eigenvalue weighted by molar-refractivity contribution is -0.136. The first-order chi connectivity index (χ1) is 17.2. The zero-order chi connectivity index (χ0) is 26.1. The van der Waals surface area contributed by atoms with Gasteiger partial charge in [0.2, 0.25) is 0 Å². The molecule has 0 unspecified atom stereocenters. The van der Waals surface area contributed by atoms with Crippen molar-refractivity contribution in [2.45, 2.75) is 20.8 Å². The van der Waals surface area contributed by atoms with Crippen LogP contribution in [0.25, 0.3) is 0 Å². The van der Waals surface area contributed by atoms with E-state index < -0.39 is 11.8 Å². The van der Waals surface area contributed by atoms with Gasteiger partial charge in [-0.3, -0.25) is 14.4 Å². The predicted molar refractivity (Wildman–Crippen MR) is 139 cm³/mol. The summed E-state index contributed by atoms with van der Waals surface area (Å²) in [6.07, 6.45) is 1.36. The Labute approximate surface area is 209 Å². The van der Waals surface area contributed by atoms with Crippen molar-refractivity contribution >= 4 is 35.3 Å². The molecule has 36 heavy (non-hydrogen) atoms. The second-order valence-corrected chi connectivity index (χ2v) is 8.07. The SMILES string of the molecule is COc1cc(/C=N\NC(=O)C(=O)Nc2ccc(C)c(C)c2)ccc1OCC(=O)Nc1ccc(C)cc1. The van der Waals surface area contributed by atoms with Gasteiger partial charge in [0.15, 0.2) is 18.1 Å². The van der Waals surface area contributed by atoms with Crippen LogP contribution in [0.5, 0.6) is 11.5 Å². The number of hydrogen-bond acceptors (Lipinski definition) is 6. The molecule has 3 aromatic carbocycles. The summed E-state index contributed by atoms with van der Waals surface area (Å²) in [5.74, 6) is -1.31. The molecule has 9 nitrogen and oxygen atoms in total. The number of rotatable bonds is 8. The van der Waals surface area contributed by atoms with E-state index in [-0.39, 0.29) is 12.5 Å². The average Bonchev–Trinajstić information content (AvgIpc) is 2.86. The quantitative estimate of drug-likeness (QED) is 0.254. The van der Waals surface area contributed by atoms with Crippen molar-refractivity contribution in [2.24, 2.45) is 5.10 Å². The van der Waals surface area contributed by atoms with Crippen LogP contribution in [0.1, 0.15) is 22.3 Å². The van der Waals surface area contributed by atoms with E-state index in [0.717, 1.165) is 16.7 Å². The third kappa shape index (κ3) is 7.42. The van der Waals surface area contributed by atoms with Gasteiger partial charge < -0.3 is 20.1 Å². The highest BCUT2D eigenvalue weighted by molar-refractivity contribution is 6.39. The van der Waals surface area contributed by atoms with Crippen LogP contribution in [0.4, 0.5) is 11.4 Å². The summed E-state index contributed by atoms with van der Waals surface area (Å²) in [6.45, 7) is 5.64. The van der Waals surface area contributed by atoms with Crippen molar-refractivity contribution in [1.29, 1.82) is 0 Å². The number of anilines is 2. The van der Waals surface area contributed by atoms with E-state index in [4.69, 9.17) is 9.47 Å². The second kappa shape index (κ2) is 12.2. The van der Waals surface area contributed by atoms with Gasteiger partial charge in [-0.2, -0.15) is 5.10 Å². The van der Waals surface area contributed by atoms with E-state index in [1.165, 1.54) is 13.3 Å². The molecule has 3 aromatic rings. The fourth-order valence-electron chi connectivity index (χ4n) is 3.08. The van der Waals surface area contributed by atoms with Gasteiger partial charge in [0.05, 0.1) is 13.3 Å². The minimum atomic E-state index is -0.906. The molecular weight excluding hydrogens is 460 g/mol. The molecule has 3 amide bonds. The number of amides is 3. The van der Waals surface area contributed by atoms with Gasteiger partial charge in [0.1, 0.15) is 0 Å². The number of carbonyl (C=O) groups is 3. The van der Waals surface area contributed by atoms with E-state index in [0.29, 0.717) is 28.4 Å². The molecule has 0 saturated heterocycles. The maximum Gasteiger partial charge on any atom is 0.329 e. The summed E-state index contributed by atoms with van der Waals surface area (Å²) < 4.78 is 10.9. The first kappa shape index (κ1) is 26.0. The Kier molecular flexibility index (Phi) is 8.77. The summed E-state index contributed by atoms with van der Waals surface area (Å²) in [5, 5.41) is 9.11. The molecular formula is C27H28N4O5. The molecule has 186 valence electrons. The zero-order valence-electron chi connectivity index (χ0n) is 20.5. The van der Waals surface area contributed by atoms with Gasteiger partial charge in [-0.1, -0.05) is 23.8 Å². The molecule has 3 rings (SSSR count). The Hall–Kier alpha value is -4.66. The standard InChI is InChI=1S/C27H28N4O5/c1-17-5-9-21(10-6-17)29-25(32)16-36-23-12-8-20(14-24(23)35-4)15-28-31-27(34)26(33)30-22-11-7-18(2)19(3)13-22/h5-15H,16H2,1-4H3,(H,29,32)(H,30,33)(H,31,34)/b28-15-. The van der Waals surface area contributed by atoms with Crippen LogP contribution >= 0.6 is 0 Å². The first-order valence-electron chi connectivity index (χ1n) is 11.1. The molecule has 9 heteroatoms. The van der Waals surface area contributed by atoms with Crippen LogP contribution in [-0.4, -0.2) is 37.7 Å². The average molecular weight is 489 g/mol. The topological polar surface area (TPSA) is 118 Å². The summed E-state index contributed by atoms with van der Waals surface area (Å²) >= 11 is 0. The molecule has 0 heterocycles. The third-order valence-corrected chi connectivity index (χ3v) is 5.23. The van der Waals surface area contributed by atoms with Gasteiger partial charge in [0.25, 0.3) is 5.91 Å². The summed E-state index contributed by atoms with van der Waals surface area (Å²) in [5.41, 5.74) is 7.15. The molecule has 0 atom stereocenters. The Morgan fingerprint density at radius 1 is 0.806 bits per heavy atom. The van der Waals surface area contributed by atoms with E-state index in [9.17, 15) is 14.4 Å². The fraction of sp³-hybridized carbons (Fsp3) is 0.185. The number of benzene rings is 3. The maximum absolute atomic E-state index is 12.2. The van der Waals surface area contributed by atoms with Gasteiger partial charge >= 0.3 is 11.8 Å². The van der Waals surface area contributed by atoms with E-state index in [1.807, 2.05) is 51.1 Å². The zero-order valence-corrected chi connectivity index (χ0v) is 20.5. The highest BCUT2D eigenvalue weighted by Gasteiger charge is 2.13. The van der Waals surface area contributed by atoms with Gasteiger partial charge in [-0.05, 0) is 79.9 Å². The lowest BCUT2D eigenvalue weighted by atomic mass is 10.1. The molecule has 0 radical (unpaired) electrons. The maximum atomic E-state index is 12.2. The largest absolute Gasteiger partial charge is 0.493 e. The van der Waals surface area contributed by atoms with Crippen LogP contribution in [0.2, 0.25) is 0 Å². The van der Waals surface area contributed by atoms with Gasteiger partial charge in [-0.15, -0.1) is 0 Å². The third-order valence-electron chi connectivity index (χ3n) is 5.23. The number of hydrazone groups is 1. The van der Waals surface area contributed by atoms with E-state index in [2.05, 4.69) is 21.2 Å². The van der Waals surface area contributed by atoms with Crippen molar-refractivity contribution in [3.8, 4) is 11.5 Å². The van der Waals surface area contributed by atoms with Crippen LogP contribution in [0.3, 0.4) is 0 Å². The van der Waals surface area contributed by atoms with Crippen molar-refractivity contribution in [3.05, 3.63) is 82.9 Å². The minimum absolute atomic E-state index is 0.205. The van der Waals surface area contributed by atoms with E-state index in [1.54, 1.807) is 30.3 Å².